The van der Waals surface area contributed by atoms with Crippen LogP contribution in [-0.2, 0) is 11.0 Å². The lowest BCUT2D eigenvalue weighted by atomic mass is 10.1. The first-order valence-corrected chi connectivity index (χ1v) is 14.2. The summed E-state index contributed by atoms with van der Waals surface area (Å²) in [6.07, 6.45) is -3.29. The lowest BCUT2D eigenvalue weighted by Crippen LogP contribution is -2.48. The zero-order chi connectivity index (χ0) is 28.1. The molecule has 40 heavy (non-hydrogen) atoms. The van der Waals surface area contributed by atoms with Crippen molar-refractivity contribution in [2.45, 2.75) is 31.1 Å². The van der Waals surface area contributed by atoms with E-state index < -0.39 is 11.7 Å². The fourth-order valence-corrected chi connectivity index (χ4v) is 5.59. The number of alkyl halides is 3. The summed E-state index contributed by atoms with van der Waals surface area (Å²) >= 11 is 1.57. The highest BCUT2D eigenvalue weighted by atomic mass is 32.2. The van der Waals surface area contributed by atoms with Crippen molar-refractivity contribution in [2.75, 3.05) is 36.8 Å². The summed E-state index contributed by atoms with van der Waals surface area (Å²) < 4.78 is 41.3. The minimum Gasteiger partial charge on any atom is -0.368 e. The number of benzene rings is 3. The van der Waals surface area contributed by atoms with E-state index in [0.717, 1.165) is 28.3 Å². The van der Waals surface area contributed by atoms with Crippen molar-refractivity contribution in [1.29, 1.82) is 0 Å². The summed E-state index contributed by atoms with van der Waals surface area (Å²) in [5.41, 5.74) is 3.00. The number of piperazine rings is 1. The van der Waals surface area contributed by atoms with Gasteiger partial charge in [0.05, 0.1) is 5.56 Å². The molecule has 1 aliphatic rings. The molecular weight excluding hydrogens is 535 g/mol. The summed E-state index contributed by atoms with van der Waals surface area (Å²) in [4.78, 5) is 16.6. The largest absolute Gasteiger partial charge is 0.416 e. The van der Waals surface area contributed by atoms with Crippen LogP contribution in [0.5, 0.6) is 0 Å². The van der Waals surface area contributed by atoms with E-state index in [1.54, 1.807) is 22.7 Å². The fraction of sp³-hybridized carbons (Fsp3) is 0.300. The third kappa shape index (κ3) is 6.50. The van der Waals surface area contributed by atoms with Crippen LogP contribution in [0.4, 0.5) is 18.9 Å². The van der Waals surface area contributed by atoms with Crippen LogP contribution in [0.2, 0.25) is 0 Å². The molecule has 1 fully saturated rings. The van der Waals surface area contributed by atoms with Crippen molar-refractivity contribution in [3.05, 3.63) is 90.0 Å². The number of aromatic nitrogens is 3. The number of carbonyl (C=O) groups excluding carboxylic acids is 1. The van der Waals surface area contributed by atoms with Gasteiger partial charge in [-0.05, 0) is 43.7 Å². The highest BCUT2D eigenvalue weighted by molar-refractivity contribution is 7.99. The van der Waals surface area contributed by atoms with Gasteiger partial charge in [-0.1, -0.05) is 65.9 Å². The molecule has 0 radical (unpaired) electrons. The zero-order valence-corrected chi connectivity index (χ0v) is 23.0. The Morgan fingerprint density at radius 1 is 0.875 bits per heavy atom. The Bertz CT molecular complexity index is 1430. The molecule has 0 saturated carbocycles. The van der Waals surface area contributed by atoms with E-state index in [2.05, 4.69) is 22.3 Å². The monoisotopic (exact) mass is 565 g/mol. The molecule has 4 aromatic rings. The predicted molar refractivity (Wildman–Crippen MR) is 152 cm³/mol. The summed E-state index contributed by atoms with van der Waals surface area (Å²) in [6, 6.07) is 23.5. The number of anilines is 1. The molecule has 5 rings (SSSR count). The molecule has 0 aliphatic carbocycles. The van der Waals surface area contributed by atoms with Gasteiger partial charge in [0, 0.05) is 55.3 Å². The summed E-state index contributed by atoms with van der Waals surface area (Å²) in [5.74, 6) is 1.53. The summed E-state index contributed by atoms with van der Waals surface area (Å²) in [7, 11) is 0. The van der Waals surface area contributed by atoms with Crippen molar-refractivity contribution < 1.29 is 18.0 Å². The number of hydrogen-bond donors (Lipinski definition) is 0. The molecule has 0 unspecified atom stereocenters. The average molecular weight is 566 g/mol. The smallest absolute Gasteiger partial charge is 0.368 e. The van der Waals surface area contributed by atoms with Crippen LogP contribution in [0, 0.1) is 6.92 Å². The summed E-state index contributed by atoms with van der Waals surface area (Å²) in [6.45, 7) is 4.03. The number of rotatable bonds is 8. The predicted octanol–water partition coefficient (Wildman–Crippen LogP) is 6.48. The van der Waals surface area contributed by atoms with Gasteiger partial charge >= 0.3 is 6.18 Å². The van der Waals surface area contributed by atoms with E-state index in [0.29, 0.717) is 50.5 Å². The van der Waals surface area contributed by atoms with Gasteiger partial charge in [0.1, 0.15) is 0 Å². The lowest BCUT2D eigenvalue weighted by Gasteiger charge is -2.36. The van der Waals surface area contributed by atoms with E-state index in [1.165, 1.54) is 17.7 Å². The molecule has 1 aliphatic heterocycles. The van der Waals surface area contributed by atoms with E-state index in [4.69, 9.17) is 0 Å². The SMILES string of the molecule is Cc1ccc(-c2nnc(SCCCC(=O)N3CCN(c4cccc(C(F)(F)F)c4)CC3)n2-c2ccccc2)cc1. The maximum Gasteiger partial charge on any atom is 0.416 e. The molecule has 1 aromatic heterocycles. The van der Waals surface area contributed by atoms with Crippen molar-refractivity contribution in [3.63, 3.8) is 0 Å². The molecule has 10 heteroatoms. The molecule has 208 valence electrons. The maximum absolute atomic E-state index is 13.1. The Kier molecular flexibility index (Phi) is 8.44. The van der Waals surface area contributed by atoms with Crippen molar-refractivity contribution in [2.24, 2.45) is 0 Å². The number of nitrogens with zero attached hydrogens (tertiary/aromatic N) is 5. The second-order valence-corrected chi connectivity index (χ2v) is 10.8. The van der Waals surface area contributed by atoms with Gasteiger partial charge in [0.15, 0.2) is 11.0 Å². The van der Waals surface area contributed by atoms with Crippen molar-refractivity contribution in [3.8, 4) is 17.1 Å². The second-order valence-electron chi connectivity index (χ2n) is 9.71. The van der Waals surface area contributed by atoms with Crippen molar-refractivity contribution in [1.82, 2.24) is 19.7 Å². The molecule has 1 amide bonds. The number of halogens is 3. The third-order valence-electron chi connectivity index (χ3n) is 6.89. The van der Waals surface area contributed by atoms with E-state index in [1.807, 2.05) is 58.9 Å². The van der Waals surface area contributed by atoms with Gasteiger partial charge in [0.2, 0.25) is 5.91 Å². The highest BCUT2D eigenvalue weighted by Gasteiger charge is 2.31. The quantitative estimate of drug-likeness (QED) is 0.181. The van der Waals surface area contributed by atoms with Gasteiger partial charge in [-0.15, -0.1) is 10.2 Å². The minimum atomic E-state index is -4.37. The number of thioether (sulfide) groups is 1. The molecular formula is C30H30F3N5OS. The number of carbonyl (C=O) groups is 1. The first kappa shape index (κ1) is 27.8. The average Bonchev–Trinajstić information content (AvgIpc) is 3.39. The molecule has 0 spiro atoms. The van der Waals surface area contributed by atoms with Crippen LogP contribution < -0.4 is 4.90 Å². The lowest BCUT2D eigenvalue weighted by molar-refractivity contribution is -0.137. The van der Waals surface area contributed by atoms with E-state index >= 15 is 0 Å². The van der Waals surface area contributed by atoms with Crippen LogP contribution in [0.25, 0.3) is 17.1 Å². The van der Waals surface area contributed by atoms with E-state index in [9.17, 15) is 18.0 Å². The van der Waals surface area contributed by atoms with Gasteiger partial charge in [-0.3, -0.25) is 9.36 Å². The van der Waals surface area contributed by atoms with Crippen molar-refractivity contribution >= 4 is 23.4 Å². The van der Waals surface area contributed by atoms with Crippen LogP contribution in [0.1, 0.15) is 24.0 Å². The molecule has 0 atom stereocenters. The Morgan fingerprint density at radius 2 is 1.57 bits per heavy atom. The first-order valence-electron chi connectivity index (χ1n) is 13.2. The standard InChI is InChI=1S/C30H30F3N5OS/c1-22-12-14-23(15-13-22)28-34-35-29(38(28)25-8-3-2-4-9-25)40-20-6-11-27(39)37-18-16-36(17-19-37)26-10-5-7-24(21-26)30(31,32)33/h2-5,7-10,12-15,21H,6,11,16-20H2,1H3. The first-order chi connectivity index (χ1) is 19.3. The van der Waals surface area contributed by atoms with Crippen LogP contribution in [-0.4, -0.2) is 57.5 Å². The highest BCUT2D eigenvalue weighted by Crippen LogP contribution is 2.32. The second kappa shape index (κ2) is 12.2. The number of hydrogen-bond acceptors (Lipinski definition) is 5. The number of amides is 1. The molecule has 6 nitrogen and oxygen atoms in total. The Morgan fingerprint density at radius 3 is 2.27 bits per heavy atom. The third-order valence-corrected chi connectivity index (χ3v) is 7.91. The Balaban J connectivity index is 1.16. The topological polar surface area (TPSA) is 54.3 Å². The Hall–Kier alpha value is -3.79. The van der Waals surface area contributed by atoms with Gasteiger partial charge in [-0.25, -0.2) is 0 Å². The summed E-state index contributed by atoms with van der Waals surface area (Å²) in [5, 5.41) is 9.71. The molecule has 0 bridgehead atoms. The normalized spacial score (nSPS) is 14.0. The Labute approximate surface area is 235 Å². The van der Waals surface area contributed by atoms with Crippen LogP contribution in [0.15, 0.2) is 84.0 Å². The van der Waals surface area contributed by atoms with Crippen LogP contribution >= 0.6 is 11.8 Å². The molecule has 1 saturated heterocycles. The fourth-order valence-electron chi connectivity index (χ4n) is 4.70. The van der Waals surface area contributed by atoms with Gasteiger partial charge in [-0.2, -0.15) is 13.2 Å². The molecule has 3 aromatic carbocycles. The van der Waals surface area contributed by atoms with Gasteiger partial charge < -0.3 is 9.80 Å². The number of para-hydroxylation sites is 1. The molecule has 2 heterocycles. The number of aryl methyl sites for hydroxylation is 1. The zero-order valence-electron chi connectivity index (χ0n) is 22.1. The van der Waals surface area contributed by atoms with E-state index in [-0.39, 0.29) is 5.91 Å². The van der Waals surface area contributed by atoms with Gasteiger partial charge in [0.25, 0.3) is 0 Å². The maximum atomic E-state index is 13.1. The minimum absolute atomic E-state index is 0.0640. The molecule has 0 N–H and O–H groups in total. The van der Waals surface area contributed by atoms with Crippen LogP contribution in [0.3, 0.4) is 0 Å².